The highest BCUT2D eigenvalue weighted by Gasteiger charge is 2.15. The van der Waals surface area contributed by atoms with Crippen molar-refractivity contribution in [1.29, 1.82) is 0 Å². The summed E-state index contributed by atoms with van der Waals surface area (Å²) in [6.45, 7) is 3.53. The minimum absolute atomic E-state index is 0.00926. The minimum atomic E-state index is -5.12. The van der Waals surface area contributed by atoms with Crippen molar-refractivity contribution in [1.82, 2.24) is 0 Å². The third-order valence-corrected chi connectivity index (χ3v) is 2.12. The fourth-order valence-corrected chi connectivity index (χ4v) is 0.978. The molecular weight excluding hydrogens is 254 g/mol. The zero-order valence-corrected chi connectivity index (χ0v) is 9.45. The fourth-order valence-electron chi connectivity index (χ4n) is 0.109. The first-order valence-corrected chi connectivity index (χ1v) is 6.03. The van der Waals surface area contributed by atoms with E-state index in [1.54, 1.807) is 13.8 Å². The van der Waals surface area contributed by atoms with Crippen LogP contribution in [0, 0.1) is 5.92 Å². The molecule has 0 fully saturated rings. The first-order chi connectivity index (χ1) is 6.35. The summed E-state index contributed by atoms with van der Waals surface area (Å²) in [6.07, 6.45) is 0. The van der Waals surface area contributed by atoms with Crippen molar-refractivity contribution in [2.45, 2.75) is 13.8 Å². The number of rotatable bonds is 3. The predicted octanol–water partition coefficient (Wildman–Crippen LogP) is -1.26. The topological polar surface area (TPSA) is 161 Å². The molecule has 0 spiro atoms. The van der Waals surface area contributed by atoms with Gasteiger partial charge in [0.05, 0.1) is 0 Å². The van der Waals surface area contributed by atoms with Gasteiger partial charge >= 0.3 is 20.8 Å². The van der Waals surface area contributed by atoms with Crippen molar-refractivity contribution in [3.05, 3.63) is 0 Å². The highest BCUT2D eigenvalue weighted by molar-refractivity contribution is 7.94. The van der Waals surface area contributed by atoms with Crippen LogP contribution in [0.15, 0.2) is 0 Å². The van der Waals surface area contributed by atoms with Gasteiger partial charge in [-0.2, -0.15) is 16.8 Å². The summed E-state index contributed by atoms with van der Waals surface area (Å²) in [5.41, 5.74) is 4.80. The van der Waals surface area contributed by atoms with Crippen LogP contribution in [-0.2, 0) is 29.2 Å². The summed E-state index contributed by atoms with van der Waals surface area (Å²) >= 11 is 0. The number of carbonyl (C=O) groups is 1. The number of nitrogens with two attached hydrogens (primary N) is 1. The Balaban J connectivity index is 0. The molecule has 0 aromatic heterocycles. The van der Waals surface area contributed by atoms with Crippen molar-refractivity contribution >= 4 is 26.7 Å². The van der Waals surface area contributed by atoms with Crippen LogP contribution in [0.5, 0.6) is 0 Å². The minimum Gasteiger partial charge on any atom is -0.369 e. The largest absolute Gasteiger partial charge is 0.413 e. The molecule has 0 radical (unpaired) electrons. The van der Waals surface area contributed by atoms with Crippen LogP contribution < -0.4 is 5.73 Å². The van der Waals surface area contributed by atoms with Gasteiger partial charge in [-0.05, 0) is 0 Å². The number of amides is 1. The average molecular weight is 265 g/mol. The summed E-state index contributed by atoms with van der Waals surface area (Å²) in [5, 5.41) is 0. The van der Waals surface area contributed by atoms with Crippen molar-refractivity contribution in [2.24, 2.45) is 11.7 Å². The van der Waals surface area contributed by atoms with Gasteiger partial charge in [0.1, 0.15) is 0 Å². The van der Waals surface area contributed by atoms with Crippen molar-refractivity contribution < 1.29 is 34.4 Å². The number of primary amides is 1. The number of carbonyl (C=O) groups excluding carboxylic acids is 1. The van der Waals surface area contributed by atoms with E-state index in [2.05, 4.69) is 3.63 Å². The van der Waals surface area contributed by atoms with Crippen LogP contribution >= 0.6 is 0 Å². The molecule has 0 bridgehead atoms. The molecule has 0 aliphatic carbocycles. The van der Waals surface area contributed by atoms with Crippen LogP contribution in [0.25, 0.3) is 0 Å². The summed E-state index contributed by atoms with van der Waals surface area (Å²) < 4.78 is 55.6. The molecule has 9 nitrogen and oxygen atoms in total. The average Bonchev–Trinajstić information content (AvgIpc) is 1.78. The highest BCUT2D eigenvalue weighted by atomic mass is 32.3. The lowest BCUT2D eigenvalue weighted by Crippen LogP contribution is -2.17. The normalized spacial score (nSPS) is 11.8. The standard InChI is InChI=1S/C4H9NO.H2O7S2/c1-3(2)4(5)6;1-8(2,3)7-9(4,5)6/h3H,1-2H3,(H2,5,6);(H,1,2,3)(H,4,5,6). The molecular formula is C4H11NO8S2. The van der Waals surface area contributed by atoms with E-state index in [9.17, 15) is 21.6 Å². The fraction of sp³-hybridized carbons (Fsp3) is 0.750. The van der Waals surface area contributed by atoms with E-state index < -0.39 is 20.8 Å². The maximum absolute atomic E-state index is 9.92. The van der Waals surface area contributed by atoms with Gasteiger partial charge in [-0.15, -0.1) is 3.63 Å². The molecule has 0 aromatic carbocycles. The SMILES string of the molecule is CC(C)C(N)=O.O=S(=O)(O)OS(=O)(=O)O. The molecule has 0 aromatic rings. The van der Waals surface area contributed by atoms with Gasteiger partial charge in [0, 0.05) is 5.92 Å². The van der Waals surface area contributed by atoms with Gasteiger partial charge in [0.25, 0.3) is 0 Å². The first kappa shape index (κ1) is 16.7. The molecule has 0 aliphatic heterocycles. The maximum Gasteiger partial charge on any atom is 0.413 e. The van der Waals surface area contributed by atoms with E-state index in [1.165, 1.54) is 0 Å². The Labute approximate surface area is 87.1 Å². The van der Waals surface area contributed by atoms with Crippen molar-refractivity contribution in [3.63, 3.8) is 0 Å². The lowest BCUT2D eigenvalue weighted by atomic mass is 10.2. The monoisotopic (exact) mass is 265 g/mol. The molecule has 1 amide bonds. The third-order valence-electron chi connectivity index (χ3n) is 0.741. The number of hydrogen-bond donors (Lipinski definition) is 3. The second kappa shape index (κ2) is 5.97. The lowest BCUT2D eigenvalue weighted by molar-refractivity contribution is -0.120. The Kier molecular flexibility index (Phi) is 6.64. The highest BCUT2D eigenvalue weighted by Crippen LogP contribution is 1.91. The van der Waals surface area contributed by atoms with E-state index >= 15 is 0 Å². The van der Waals surface area contributed by atoms with E-state index in [1.807, 2.05) is 0 Å². The van der Waals surface area contributed by atoms with Gasteiger partial charge in [-0.1, -0.05) is 13.8 Å². The van der Waals surface area contributed by atoms with Crippen LogP contribution in [0.2, 0.25) is 0 Å². The Morgan fingerprint density at radius 1 is 1.13 bits per heavy atom. The molecule has 0 aliphatic rings. The Bertz CT molecular complexity index is 362. The summed E-state index contributed by atoms with van der Waals surface area (Å²) in [7, 11) is -10.2. The zero-order chi connectivity index (χ0) is 12.9. The molecule has 92 valence electrons. The van der Waals surface area contributed by atoms with E-state index in [4.69, 9.17) is 14.8 Å². The summed E-state index contributed by atoms with van der Waals surface area (Å²) in [5.74, 6) is -0.250. The van der Waals surface area contributed by atoms with Gasteiger partial charge in [0.15, 0.2) is 0 Å². The molecule has 15 heavy (non-hydrogen) atoms. The Morgan fingerprint density at radius 2 is 1.33 bits per heavy atom. The first-order valence-electron chi connectivity index (χ1n) is 3.30. The quantitative estimate of drug-likeness (QED) is 0.532. The lowest BCUT2D eigenvalue weighted by Gasteiger charge is -1.90. The van der Waals surface area contributed by atoms with Crippen LogP contribution in [0.3, 0.4) is 0 Å². The van der Waals surface area contributed by atoms with E-state index in [0.717, 1.165) is 0 Å². The summed E-state index contributed by atoms with van der Waals surface area (Å²) in [6, 6.07) is 0. The van der Waals surface area contributed by atoms with E-state index in [-0.39, 0.29) is 11.8 Å². The zero-order valence-electron chi connectivity index (χ0n) is 7.82. The Hall–Kier alpha value is -0.750. The van der Waals surface area contributed by atoms with Gasteiger partial charge in [-0.3, -0.25) is 13.9 Å². The smallest absolute Gasteiger partial charge is 0.369 e. The van der Waals surface area contributed by atoms with Crippen LogP contribution in [0.4, 0.5) is 0 Å². The molecule has 11 heteroatoms. The summed E-state index contributed by atoms with van der Waals surface area (Å²) in [4.78, 5) is 9.92. The molecule has 0 unspecified atom stereocenters. The third kappa shape index (κ3) is 19.6. The molecule has 0 atom stereocenters. The molecule has 0 saturated carbocycles. The molecule has 0 rings (SSSR count). The molecule has 0 heterocycles. The van der Waals surface area contributed by atoms with Gasteiger partial charge in [0.2, 0.25) is 5.91 Å². The van der Waals surface area contributed by atoms with Crippen LogP contribution in [0.1, 0.15) is 13.8 Å². The van der Waals surface area contributed by atoms with E-state index in [0.29, 0.717) is 0 Å². The Morgan fingerprint density at radius 3 is 1.33 bits per heavy atom. The molecule has 4 N–H and O–H groups in total. The number of hydrogen-bond acceptors (Lipinski definition) is 6. The van der Waals surface area contributed by atoms with Gasteiger partial charge < -0.3 is 5.73 Å². The van der Waals surface area contributed by atoms with Crippen LogP contribution in [-0.4, -0.2) is 31.8 Å². The predicted molar refractivity (Wildman–Crippen MR) is 48.2 cm³/mol. The maximum atomic E-state index is 9.92. The molecule has 0 saturated heterocycles. The second-order valence-electron chi connectivity index (χ2n) is 2.48. The van der Waals surface area contributed by atoms with Crippen molar-refractivity contribution in [2.75, 3.05) is 0 Å². The second-order valence-corrected chi connectivity index (χ2v) is 4.74. The van der Waals surface area contributed by atoms with Gasteiger partial charge in [-0.25, -0.2) is 0 Å². The van der Waals surface area contributed by atoms with Crippen molar-refractivity contribution in [3.8, 4) is 0 Å².